The molecule has 3 fully saturated rings. The van der Waals surface area contributed by atoms with Crippen LogP contribution in [-0.4, -0.2) is 88.3 Å². The summed E-state index contributed by atoms with van der Waals surface area (Å²) in [5.41, 5.74) is 6.78. The summed E-state index contributed by atoms with van der Waals surface area (Å²) < 4.78 is 19.6. The van der Waals surface area contributed by atoms with Crippen LogP contribution in [0, 0.1) is 18.7 Å². The number of aryl methyl sites for hydroxylation is 1. The van der Waals surface area contributed by atoms with Crippen molar-refractivity contribution in [3.05, 3.63) is 70.3 Å². The number of aliphatic hydroxyl groups is 1. The molecule has 7 nitrogen and oxygen atoms in total. The lowest BCUT2D eigenvalue weighted by Crippen LogP contribution is -2.58. The molecule has 6 rings (SSSR count). The maximum absolute atomic E-state index is 14.0. The zero-order valence-electron chi connectivity index (χ0n) is 26.0. The first-order chi connectivity index (χ1) is 20.8. The summed E-state index contributed by atoms with van der Waals surface area (Å²) in [6, 6.07) is 8.92. The maximum Gasteiger partial charge on any atom is 0.226 e. The van der Waals surface area contributed by atoms with Crippen LogP contribution >= 0.6 is 0 Å². The molecule has 3 aliphatic heterocycles. The first-order valence-corrected chi connectivity index (χ1v) is 16.2. The number of fused-ring (bicyclic) bond motifs is 1. The molecule has 0 bridgehead atoms. The van der Waals surface area contributed by atoms with Crippen molar-refractivity contribution < 1.29 is 19.0 Å². The lowest BCUT2D eigenvalue weighted by molar-refractivity contribution is -0.143. The standard InChI is InChI=1S/C35H47FN4O3/c1-24-7-14-37-32-25(2)30(23-41)33(31(24)32)38-17-12-35(3,13-18-38)39-15-8-29(9-16-39)40(22-26-5-4-6-28(36)21-26)34(42)27-10-19-43-20-11-27/h4-7,14,21,25,27,29,41H,8-13,15-20,22-23H2,1-3H3/t25-/m1/s1. The molecule has 0 spiro atoms. The maximum atomic E-state index is 14.0. The number of benzene rings is 1. The predicted octanol–water partition coefficient (Wildman–Crippen LogP) is 5.12. The van der Waals surface area contributed by atoms with Crippen LogP contribution in [0.25, 0.3) is 5.70 Å². The molecule has 1 amide bonds. The Bertz CT molecular complexity index is 1340. The van der Waals surface area contributed by atoms with Crippen molar-refractivity contribution >= 4 is 11.6 Å². The number of aromatic nitrogens is 1. The number of halogens is 1. The molecule has 1 aromatic heterocycles. The van der Waals surface area contributed by atoms with Gasteiger partial charge in [-0.25, -0.2) is 4.39 Å². The summed E-state index contributed by atoms with van der Waals surface area (Å²) >= 11 is 0. The van der Waals surface area contributed by atoms with Crippen molar-refractivity contribution in [3.63, 3.8) is 0 Å². The highest BCUT2D eigenvalue weighted by molar-refractivity contribution is 5.79. The Hall–Kier alpha value is -2.81. The molecule has 232 valence electrons. The smallest absolute Gasteiger partial charge is 0.226 e. The second-order valence-electron chi connectivity index (χ2n) is 13.3. The third-order valence-corrected chi connectivity index (χ3v) is 10.8. The number of likely N-dealkylation sites (tertiary alicyclic amines) is 2. The Labute approximate surface area is 255 Å². The fraction of sp³-hybridized carbons (Fsp3) is 0.600. The van der Waals surface area contributed by atoms with Crippen molar-refractivity contribution in [1.82, 2.24) is 19.7 Å². The zero-order chi connectivity index (χ0) is 30.1. The van der Waals surface area contributed by atoms with Crippen LogP contribution in [0.15, 0.2) is 42.1 Å². The van der Waals surface area contributed by atoms with E-state index in [-0.39, 0.29) is 41.7 Å². The minimum absolute atomic E-state index is 0.0115. The van der Waals surface area contributed by atoms with Crippen LogP contribution in [0.4, 0.5) is 4.39 Å². The molecular weight excluding hydrogens is 543 g/mol. The largest absolute Gasteiger partial charge is 0.392 e. The van der Waals surface area contributed by atoms with Gasteiger partial charge in [0, 0.05) is 86.8 Å². The number of piperidine rings is 2. The van der Waals surface area contributed by atoms with E-state index in [1.165, 1.54) is 22.9 Å². The third kappa shape index (κ3) is 5.98. The Morgan fingerprint density at radius 2 is 1.84 bits per heavy atom. The fourth-order valence-electron chi connectivity index (χ4n) is 7.96. The minimum Gasteiger partial charge on any atom is -0.392 e. The average Bonchev–Trinajstić information content (AvgIpc) is 3.33. The SMILES string of the molecule is Cc1ccnc2c1C(N1CCC(C)(N3CCC(N(Cc4cccc(F)c4)C(=O)C4CCOCC4)CC3)CC1)=C(CO)[C@H]2C. The van der Waals surface area contributed by atoms with E-state index < -0.39 is 0 Å². The van der Waals surface area contributed by atoms with Crippen molar-refractivity contribution in [2.45, 2.75) is 83.3 Å². The number of carbonyl (C=O) groups excluding carboxylic acids is 1. The van der Waals surface area contributed by atoms with E-state index in [0.717, 1.165) is 81.5 Å². The van der Waals surface area contributed by atoms with Gasteiger partial charge in [0.05, 0.1) is 12.3 Å². The second kappa shape index (κ2) is 12.7. The van der Waals surface area contributed by atoms with Gasteiger partial charge in [0.15, 0.2) is 0 Å². The number of hydrogen-bond donors (Lipinski definition) is 1. The molecule has 2 aromatic rings. The van der Waals surface area contributed by atoms with Gasteiger partial charge in [-0.2, -0.15) is 0 Å². The van der Waals surface area contributed by atoms with Crippen LogP contribution in [0.3, 0.4) is 0 Å². The molecule has 43 heavy (non-hydrogen) atoms. The van der Waals surface area contributed by atoms with E-state index in [1.54, 1.807) is 12.1 Å². The molecule has 4 aliphatic rings. The summed E-state index contributed by atoms with van der Waals surface area (Å²) in [5, 5.41) is 10.3. The lowest BCUT2D eigenvalue weighted by Gasteiger charge is -2.51. The van der Waals surface area contributed by atoms with Gasteiger partial charge in [0.25, 0.3) is 0 Å². The average molecular weight is 591 g/mol. The van der Waals surface area contributed by atoms with E-state index in [9.17, 15) is 14.3 Å². The Kier molecular flexibility index (Phi) is 8.90. The molecule has 1 aromatic carbocycles. The molecule has 0 unspecified atom stereocenters. The first-order valence-electron chi connectivity index (χ1n) is 16.2. The van der Waals surface area contributed by atoms with E-state index in [4.69, 9.17) is 9.72 Å². The molecule has 0 radical (unpaired) electrons. The number of ether oxygens (including phenoxy) is 1. The van der Waals surface area contributed by atoms with E-state index in [0.29, 0.717) is 19.8 Å². The number of pyridine rings is 1. The predicted molar refractivity (Wildman–Crippen MR) is 166 cm³/mol. The van der Waals surface area contributed by atoms with Gasteiger partial charge in [-0.1, -0.05) is 19.1 Å². The molecule has 8 heteroatoms. The number of hydrogen-bond acceptors (Lipinski definition) is 6. The van der Waals surface area contributed by atoms with Gasteiger partial charge in [-0.05, 0) is 87.3 Å². The van der Waals surface area contributed by atoms with Crippen LogP contribution in [0.5, 0.6) is 0 Å². The number of nitrogens with zero attached hydrogens (tertiary/aromatic N) is 4. The quantitative estimate of drug-likeness (QED) is 0.483. The van der Waals surface area contributed by atoms with Gasteiger partial charge in [0.2, 0.25) is 5.91 Å². The summed E-state index contributed by atoms with van der Waals surface area (Å²) in [6.45, 7) is 12.3. The first kappa shape index (κ1) is 30.2. The Morgan fingerprint density at radius 1 is 1.12 bits per heavy atom. The minimum atomic E-state index is -0.256. The van der Waals surface area contributed by atoms with Gasteiger partial charge in [-0.3, -0.25) is 14.7 Å². The van der Waals surface area contributed by atoms with Crippen LogP contribution in [0.2, 0.25) is 0 Å². The third-order valence-electron chi connectivity index (χ3n) is 10.8. The Morgan fingerprint density at radius 3 is 2.51 bits per heavy atom. The van der Waals surface area contributed by atoms with E-state index in [2.05, 4.69) is 41.5 Å². The summed E-state index contributed by atoms with van der Waals surface area (Å²) in [5.74, 6) is 0.0761. The van der Waals surface area contributed by atoms with Crippen LogP contribution < -0.4 is 0 Å². The van der Waals surface area contributed by atoms with Crippen molar-refractivity contribution in [1.29, 1.82) is 0 Å². The molecule has 0 saturated carbocycles. The van der Waals surface area contributed by atoms with Crippen molar-refractivity contribution in [3.8, 4) is 0 Å². The number of amides is 1. The Balaban J connectivity index is 1.12. The lowest BCUT2D eigenvalue weighted by atomic mass is 9.84. The molecule has 1 aliphatic carbocycles. The van der Waals surface area contributed by atoms with Gasteiger partial charge >= 0.3 is 0 Å². The monoisotopic (exact) mass is 590 g/mol. The molecular formula is C35H47FN4O3. The molecule has 1 N–H and O–H groups in total. The van der Waals surface area contributed by atoms with Gasteiger partial charge < -0.3 is 19.6 Å². The summed E-state index contributed by atoms with van der Waals surface area (Å²) in [4.78, 5) is 25.7. The highest BCUT2D eigenvalue weighted by Crippen LogP contribution is 2.45. The normalized spacial score (nSPS) is 23.5. The highest BCUT2D eigenvalue weighted by atomic mass is 19.1. The molecule has 1 atom stereocenters. The molecule has 4 heterocycles. The van der Waals surface area contributed by atoms with Crippen LogP contribution in [0.1, 0.15) is 80.7 Å². The fourth-order valence-corrected chi connectivity index (χ4v) is 7.96. The number of rotatable bonds is 7. The number of aliphatic hydroxyl groups excluding tert-OH is 1. The molecule has 3 saturated heterocycles. The summed E-state index contributed by atoms with van der Waals surface area (Å²) in [7, 11) is 0. The van der Waals surface area contributed by atoms with E-state index >= 15 is 0 Å². The van der Waals surface area contributed by atoms with Gasteiger partial charge in [0.1, 0.15) is 5.82 Å². The number of carbonyl (C=O) groups is 1. The van der Waals surface area contributed by atoms with Crippen molar-refractivity contribution in [2.75, 3.05) is 46.0 Å². The summed E-state index contributed by atoms with van der Waals surface area (Å²) in [6.07, 6.45) is 7.38. The topological polar surface area (TPSA) is 69.1 Å². The van der Waals surface area contributed by atoms with E-state index in [1.807, 2.05) is 12.3 Å². The zero-order valence-corrected chi connectivity index (χ0v) is 26.0. The van der Waals surface area contributed by atoms with Crippen LogP contribution in [-0.2, 0) is 16.1 Å². The second-order valence-corrected chi connectivity index (χ2v) is 13.3. The van der Waals surface area contributed by atoms with Crippen molar-refractivity contribution in [2.24, 2.45) is 5.92 Å². The van der Waals surface area contributed by atoms with Gasteiger partial charge in [-0.15, -0.1) is 0 Å². The highest BCUT2D eigenvalue weighted by Gasteiger charge is 2.42.